The number of nitro benzene ring substituents is 1. The molecule has 2 aromatic carbocycles. The van der Waals surface area contributed by atoms with Gasteiger partial charge in [-0.15, -0.1) is 0 Å². The van der Waals surface area contributed by atoms with Crippen molar-refractivity contribution in [2.24, 2.45) is 0 Å². The highest BCUT2D eigenvalue weighted by Crippen LogP contribution is 2.26. The van der Waals surface area contributed by atoms with Crippen LogP contribution < -0.4 is 4.74 Å². The second-order valence-corrected chi connectivity index (χ2v) is 6.35. The number of rotatable bonds is 7. The van der Waals surface area contributed by atoms with Crippen LogP contribution in [0.25, 0.3) is 0 Å². The summed E-state index contributed by atoms with van der Waals surface area (Å²) in [5, 5.41) is 10.9. The summed E-state index contributed by atoms with van der Waals surface area (Å²) in [6, 6.07) is 11.3. The van der Waals surface area contributed by atoms with Crippen LogP contribution in [-0.4, -0.2) is 29.4 Å². The molecule has 0 saturated carbocycles. The highest BCUT2D eigenvalue weighted by molar-refractivity contribution is 6.00. The molecule has 0 aromatic heterocycles. The number of ether oxygens (including phenoxy) is 2. The fourth-order valence-electron chi connectivity index (χ4n) is 3.11. The highest BCUT2D eigenvalue weighted by atomic mass is 16.6. The predicted octanol–water partition coefficient (Wildman–Crippen LogP) is 3.28. The first-order valence-corrected chi connectivity index (χ1v) is 8.67. The molecular weight excluding hydrogens is 350 g/mol. The highest BCUT2D eigenvalue weighted by Gasteiger charge is 2.22. The van der Waals surface area contributed by atoms with E-state index >= 15 is 0 Å². The van der Waals surface area contributed by atoms with Gasteiger partial charge in [0.15, 0.2) is 18.5 Å². The number of Topliss-reactive ketones (excluding diaryl/α,β-unsaturated/α-hetero) is 1. The zero-order valence-electron chi connectivity index (χ0n) is 14.8. The van der Waals surface area contributed by atoms with Crippen molar-refractivity contribution >= 4 is 17.4 Å². The number of benzene rings is 2. The number of nitro groups is 1. The van der Waals surface area contributed by atoms with Crippen LogP contribution in [0.1, 0.15) is 34.8 Å². The van der Waals surface area contributed by atoms with Gasteiger partial charge in [-0.3, -0.25) is 14.9 Å². The van der Waals surface area contributed by atoms with Gasteiger partial charge in [-0.2, -0.15) is 0 Å². The summed E-state index contributed by atoms with van der Waals surface area (Å²) < 4.78 is 10.3. The minimum Gasteiger partial charge on any atom is -0.475 e. The van der Waals surface area contributed by atoms with E-state index in [4.69, 9.17) is 9.47 Å². The second-order valence-electron chi connectivity index (χ2n) is 6.35. The fourth-order valence-corrected chi connectivity index (χ4v) is 3.11. The van der Waals surface area contributed by atoms with E-state index in [1.54, 1.807) is 12.1 Å². The first-order chi connectivity index (χ1) is 13.0. The third-order valence-electron chi connectivity index (χ3n) is 4.47. The number of esters is 1. The van der Waals surface area contributed by atoms with Gasteiger partial charge in [0.2, 0.25) is 5.78 Å². The minimum atomic E-state index is -0.966. The van der Waals surface area contributed by atoms with Gasteiger partial charge in [0.05, 0.1) is 4.92 Å². The Kier molecular flexibility index (Phi) is 5.49. The molecule has 0 amide bonds. The lowest BCUT2D eigenvalue weighted by atomic mass is 10.0. The second kappa shape index (κ2) is 7.99. The largest absolute Gasteiger partial charge is 0.475 e. The number of nitrogens with zero attached hydrogens (tertiary/aromatic N) is 1. The summed E-state index contributed by atoms with van der Waals surface area (Å²) in [7, 11) is 0. The van der Waals surface area contributed by atoms with Crippen LogP contribution in [0.15, 0.2) is 42.5 Å². The van der Waals surface area contributed by atoms with Gasteiger partial charge in [-0.25, -0.2) is 4.79 Å². The summed E-state index contributed by atoms with van der Waals surface area (Å²) in [4.78, 5) is 34.8. The smallest absolute Gasteiger partial charge is 0.344 e. The maximum absolute atomic E-state index is 12.5. The first-order valence-electron chi connectivity index (χ1n) is 8.67. The van der Waals surface area contributed by atoms with Crippen molar-refractivity contribution in [2.45, 2.75) is 32.3 Å². The molecule has 0 radical (unpaired) electrons. The number of hydrogen-bond acceptors (Lipinski definition) is 6. The van der Waals surface area contributed by atoms with Crippen LogP contribution in [0, 0.1) is 10.1 Å². The molecule has 1 aliphatic carbocycles. The molecule has 0 saturated heterocycles. The van der Waals surface area contributed by atoms with Gasteiger partial charge in [0, 0.05) is 11.6 Å². The number of carbonyl (C=O) groups is 2. The lowest BCUT2D eigenvalue weighted by Crippen LogP contribution is -2.27. The average Bonchev–Trinajstić information content (AvgIpc) is 3.13. The third-order valence-corrected chi connectivity index (χ3v) is 4.47. The minimum absolute atomic E-state index is 0.0305. The molecular formula is C20H19NO6. The Balaban J connectivity index is 1.58. The van der Waals surface area contributed by atoms with E-state index in [1.807, 2.05) is 12.1 Å². The number of para-hydroxylation sites is 2. The van der Waals surface area contributed by atoms with Crippen LogP contribution in [0.2, 0.25) is 0 Å². The van der Waals surface area contributed by atoms with Crippen molar-refractivity contribution < 1.29 is 24.0 Å². The van der Waals surface area contributed by atoms with Gasteiger partial charge < -0.3 is 9.47 Å². The topological polar surface area (TPSA) is 95.7 Å². The predicted molar refractivity (Wildman–Crippen MR) is 96.9 cm³/mol. The number of carbonyl (C=O) groups excluding carboxylic acids is 2. The molecule has 0 N–H and O–H groups in total. The summed E-state index contributed by atoms with van der Waals surface area (Å²) in [5.41, 5.74) is 2.69. The van der Waals surface area contributed by atoms with Crippen molar-refractivity contribution in [3.05, 3.63) is 69.3 Å². The Morgan fingerprint density at radius 3 is 2.67 bits per heavy atom. The number of aryl methyl sites for hydroxylation is 2. The van der Waals surface area contributed by atoms with Gasteiger partial charge in [-0.05, 0) is 49.4 Å². The molecule has 0 spiro atoms. The first kappa shape index (κ1) is 18.6. The van der Waals surface area contributed by atoms with E-state index in [-0.39, 0.29) is 17.2 Å². The average molecular weight is 369 g/mol. The SMILES string of the molecule is C[C@H](OC(=O)COc1ccccc1[N+](=O)[O-])C(=O)c1ccc2c(c1)CCC2. The molecule has 0 bridgehead atoms. The molecule has 1 atom stereocenters. The molecule has 7 heteroatoms. The molecule has 0 aliphatic heterocycles. The van der Waals surface area contributed by atoms with E-state index in [2.05, 4.69) is 0 Å². The fraction of sp³-hybridized carbons (Fsp3) is 0.300. The lowest BCUT2D eigenvalue weighted by Gasteiger charge is -2.13. The third kappa shape index (κ3) is 4.31. The Labute approximate surface area is 156 Å². The molecule has 0 fully saturated rings. The van der Waals surface area contributed by atoms with Crippen molar-refractivity contribution in [3.63, 3.8) is 0 Å². The molecule has 0 heterocycles. The van der Waals surface area contributed by atoms with Crippen molar-refractivity contribution in [3.8, 4) is 5.75 Å². The molecule has 3 rings (SSSR count). The summed E-state index contributed by atoms with van der Waals surface area (Å²) in [6.07, 6.45) is 2.10. The summed E-state index contributed by atoms with van der Waals surface area (Å²) >= 11 is 0. The number of ketones is 1. The number of fused-ring (bicyclic) bond motifs is 1. The zero-order chi connectivity index (χ0) is 19.4. The summed E-state index contributed by atoms with van der Waals surface area (Å²) in [6.45, 7) is 0.977. The maximum atomic E-state index is 12.5. The molecule has 2 aromatic rings. The van der Waals surface area contributed by atoms with Crippen molar-refractivity contribution in [1.29, 1.82) is 0 Å². The van der Waals surface area contributed by atoms with E-state index in [0.29, 0.717) is 5.56 Å². The van der Waals surface area contributed by atoms with Crippen LogP contribution in [0.3, 0.4) is 0 Å². The maximum Gasteiger partial charge on any atom is 0.344 e. The van der Waals surface area contributed by atoms with Crippen LogP contribution in [0.5, 0.6) is 5.75 Å². The Bertz CT molecular complexity index is 892. The van der Waals surface area contributed by atoms with Crippen molar-refractivity contribution in [1.82, 2.24) is 0 Å². The molecule has 140 valence electrons. The van der Waals surface area contributed by atoms with Crippen molar-refractivity contribution in [2.75, 3.05) is 6.61 Å². The normalized spacial score (nSPS) is 13.5. The van der Waals surface area contributed by atoms with E-state index in [0.717, 1.165) is 19.3 Å². The van der Waals surface area contributed by atoms with E-state index in [9.17, 15) is 19.7 Å². The quantitative estimate of drug-likeness (QED) is 0.322. The zero-order valence-corrected chi connectivity index (χ0v) is 14.8. The van der Waals surface area contributed by atoms with Gasteiger partial charge in [0.1, 0.15) is 0 Å². The standard InChI is InChI=1S/C20H19NO6/c1-13(20(23)16-10-9-14-5-4-6-15(14)11-16)27-19(22)12-26-18-8-3-2-7-17(18)21(24)25/h2-3,7-11,13H,4-6,12H2,1H3/t13-/m0/s1. The molecule has 1 aliphatic rings. The van der Waals surface area contributed by atoms with E-state index in [1.165, 1.54) is 36.2 Å². The molecule has 0 unspecified atom stereocenters. The molecule has 27 heavy (non-hydrogen) atoms. The van der Waals surface area contributed by atoms with Gasteiger partial charge >= 0.3 is 11.7 Å². The van der Waals surface area contributed by atoms with Crippen LogP contribution in [0.4, 0.5) is 5.69 Å². The lowest BCUT2D eigenvalue weighted by molar-refractivity contribution is -0.385. The van der Waals surface area contributed by atoms with Gasteiger partial charge in [0.25, 0.3) is 0 Å². The Morgan fingerprint density at radius 2 is 1.89 bits per heavy atom. The Morgan fingerprint density at radius 1 is 1.15 bits per heavy atom. The molecule has 7 nitrogen and oxygen atoms in total. The van der Waals surface area contributed by atoms with Crippen LogP contribution in [-0.2, 0) is 22.4 Å². The van der Waals surface area contributed by atoms with Gasteiger partial charge in [-0.1, -0.05) is 24.3 Å². The monoisotopic (exact) mass is 369 g/mol. The summed E-state index contributed by atoms with van der Waals surface area (Å²) in [5.74, 6) is -1.09. The van der Waals surface area contributed by atoms with Crippen LogP contribution >= 0.6 is 0 Å². The Hall–Kier alpha value is -3.22. The van der Waals surface area contributed by atoms with E-state index < -0.39 is 23.6 Å². The number of hydrogen-bond donors (Lipinski definition) is 0.